The molecule has 1 aromatic heterocycles. The predicted octanol–water partition coefficient (Wildman–Crippen LogP) is 2.35. The van der Waals surface area contributed by atoms with Gasteiger partial charge in [-0.1, -0.05) is 0 Å². The molecule has 18 heavy (non-hydrogen) atoms. The number of nitrogens with one attached hydrogen (secondary N) is 2. The van der Waals surface area contributed by atoms with Crippen molar-refractivity contribution in [3.8, 4) is 0 Å². The van der Waals surface area contributed by atoms with Crippen LogP contribution in [0.15, 0.2) is 24.4 Å². The van der Waals surface area contributed by atoms with Gasteiger partial charge in [-0.25, -0.2) is 9.37 Å². The fourth-order valence-electron chi connectivity index (χ4n) is 1.97. The summed E-state index contributed by atoms with van der Waals surface area (Å²) in [5.74, 6) is 0.166. The van der Waals surface area contributed by atoms with Crippen LogP contribution in [0.1, 0.15) is 17.1 Å². The Balaban J connectivity index is 2.11. The number of benzene rings is 1. The first-order valence-electron chi connectivity index (χ1n) is 5.48. The van der Waals surface area contributed by atoms with Gasteiger partial charge in [0.15, 0.2) is 0 Å². The number of hydrogen-bond donors (Lipinski definition) is 2. The molecule has 0 unspecified atom stereocenters. The van der Waals surface area contributed by atoms with Gasteiger partial charge in [-0.3, -0.25) is 4.79 Å². The van der Waals surface area contributed by atoms with Crippen LogP contribution >= 0.6 is 0 Å². The summed E-state index contributed by atoms with van der Waals surface area (Å²) >= 11 is 0. The van der Waals surface area contributed by atoms with Crippen molar-refractivity contribution in [2.75, 3.05) is 5.32 Å². The van der Waals surface area contributed by atoms with E-state index in [2.05, 4.69) is 15.3 Å². The lowest BCUT2D eigenvalue weighted by Crippen LogP contribution is -2.03. The van der Waals surface area contributed by atoms with Crippen LogP contribution in [-0.4, -0.2) is 15.9 Å². The van der Waals surface area contributed by atoms with E-state index in [-0.39, 0.29) is 11.7 Å². The summed E-state index contributed by atoms with van der Waals surface area (Å²) in [7, 11) is 0. The maximum Gasteiger partial charge on any atom is 0.256 e. The smallest absolute Gasteiger partial charge is 0.256 e. The molecule has 4 nitrogen and oxygen atoms in total. The van der Waals surface area contributed by atoms with Crippen molar-refractivity contribution in [2.45, 2.75) is 6.92 Å². The zero-order valence-corrected chi connectivity index (χ0v) is 9.62. The van der Waals surface area contributed by atoms with Crippen molar-refractivity contribution < 1.29 is 9.18 Å². The highest BCUT2D eigenvalue weighted by Crippen LogP contribution is 2.33. The van der Waals surface area contributed by atoms with Gasteiger partial charge in [0.05, 0.1) is 17.5 Å². The fraction of sp³-hybridized carbons (Fsp3) is 0.0769. The van der Waals surface area contributed by atoms with Gasteiger partial charge in [0.1, 0.15) is 11.6 Å². The van der Waals surface area contributed by atoms with Crippen molar-refractivity contribution in [2.24, 2.45) is 0 Å². The molecule has 0 saturated carbocycles. The van der Waals surface area contributed by atoms with Crippen molar-refractivity contribution in [1.29, 1.82) is 0 Å². The number of imidazole rings is 1. The number of hydrogen-bond acceptors (Lipinski definition) is 2. The van der Waals surface area contributed by atoms with E-state index in [1.165, 1.54) is 12.1 Å². The number of nitrogens with zero attached hydrogens (tertiary/aromatic N) is 1. The molecule has 0 saturated heterocycles. The lowest BCUT2D eigenvalue weighted by atomic mass is 10.1. The average Bonchev–Trinajstić information content (AvgIpc) is 2.86. The molecule has 2 heterocycles. The topological polar surface area (TPSA) is 57.8 Å². The molecule has 0 fully saturated rings. The van der Waals surface area contributed by atoms with Crippen LogP contribution in [0.3, 0.4) is 0 Å². The predicted molar refractivity (Wildman–Crippen MR) is 66.2 cm³/mol. The normalized spacial score (nSPS) is 15.9. The van der Waals surface area contributed by atoms with Crippen LogP contribution in [0.5, 0.6) is 0 Å². The van der Waals surface area contributed by atoms with Gasteiger partial charge in [0.25, 0.3) is 5.91 Å². The molecular weight excluding hydrogens is 233 g/mol. The van der Waals surface area contributed by atoms with Crippen molar-refractivity contribution >= 4 is 23.2 Å². The average molecular weight is 243 g/mol. The summed E-state index contributed by atoms with van der Waals surface area (Å²) in [4.78, 5) is 18.9. The van der Waals surface area contributed by atoms with E-state index in [1.54, 1.807) is 18.3 Å². The summed E-state index contributed by atoms with van der Waals surface area (Å²) < 4.78 is 13.2. The first-order valence-corrected chi connectivity index (χ1v) is 5.48. The van der Waals surface area contributed by atoms with Crippen LogP contribution in [0.25, 0.3) is 11.6 Å². The van der Waals surface area contributed by atoms with Gasteiger partial charge in [-0.2, -0.15) is 0 Å². The van der Waals surface area contributed by atoms with Gasteiger partial charge in [0.2, 0.25) is 0 Å². The van der Waals surface area contributed by atoms with E-state index in [0.29, 0.717) is 16.8 Å². The largest absolute Gasteiger partial charge is 0.343 e. The van der Waals surface area contributed by atoms with Crippen LogP contribution < -0.4 is 5.32 Å². The number of fused-ring (bicyclic) bond motifs is 1. The van der Waals surface area contributed by atoms with Crippen LogP contribution in [0.2, 0.25) is 0 Å². The Bertz CT molecular complexity index is 673. The highest BCUT2D eigenvalue weighted by Gasteiger charge is 2.24. The maximum atomic E-state index is 13.2. The highest BCUT2D eigenvalue weighted by atomic mass is 19.1. The second-order valence-corrected chi connectivity index (χ2v) is 4.13. The van der Waals surface area contributed by atoms with Crippen LogP contribution in [0.4, 0.5) is 10.1 Å². The molecule has 0 aliphatic carbocycles. The molecule has 0 atom stereocenters. The van der Waals surface area contributed by atoms with E-state index in [1.807, 2.05) is 6.92 Å². The lowest BCUT2D eigenvalue weighted by Gasteiger charge is -1.97. The van der Waals surface area contributed by atoms with E-state index >= 15 is 0 Å². The summed E-state index contributed by atoms with van der Waals surface area (Å²) in [6.07, 6.45) is 3.30. The fourth-order valence-corrected chi connectivity index (χ4v) is 1.97. The molecule has 0 bridgehead atoms. The Hall–Kier alpha value is -2.43. The quantitative estimate of drug-likeness (QED) is 0.755. The molecule has 5 heteroatoms. The van der Waals surface area contributed by atoms with Gasteiger partial charge in [-0.15, -0.1) is 0 Å². The Morgan fingerprint density at radius 1 is 1.39 bits per heavy atom. The third-order valence-electron chi connectivity index (χ3n) is 2.79. The molecular formula is C13H10FN3O. The minimum absolute atomic E-state index is 0.233. The monoisotopic (exact) mass is 243 g/mol. The second-order valence-electron chi connectivity index (χ2n) is 4.13. The molecule has 1 aliphatic heterocycles. The number of halogens is 1. The molecule has 1 aliphatic rings. The molecule has 0 spiro atoms. The summed E-state index contributed by atoms with van der Waals surface area (Å²) in [5, 5.41) is 2.69. The Kier molecular flexibility index (Phi) is 2.26. The number of aryl methyl sites for hydroxylation is 1. The third-order valence-corrected chi connectivity index (χ3v) is 2.79. The summed E-state index contributed by atoms with van der Waals surface area (Å²) in [5.41, 5.74) is 2.36. The Morgan fingerprint density at radius 2 is 2.22 bits per heavy atom. The van der Waals surface area contributed by atoms with Crippen LogP contribution in [-0.2, 0) is 4.79 Å². The molecule has 2 aromatic rings. The van der Waals surface area contributed by atoms with E-state index < -0.39 is 0 Å². The third kappa shape index (κ3) is 1.69. The van der Waals surface area contributed by atoms with Crippen molar-refractivity contribution in [1.82, 2.24) is 9.97 Å². The molecule has 2 N–H and O–H groups in total. The number of anilines is 1. The maximum absolute atomic E-state index is 13.2. The lowest BCUT2D eigenvalue weighted by molar-refractivity contribution is -0.110. The summed E-state index contributed by atoms with van der Waals surface area (Å²) in [6.45, 7) is 1.82. The van der Waals surface area contributed by atoms with Gasteiger partial charge in [-0.05, 0) is 31.2 Å². The molecule has 1 aromatic carbocycles. The number of amides is 1. The van der Waals surface area contributed by atoms with E-state index in [9.17, 15) is 9.18 Å². The van der Waals surface area contributed by atoms with Gasteiger partial charge in [0, 0.05) is 11.3 Å². The Labute approximate surface area is 103 Å². The molecule has 0 radical (unpaired) electrons. The number of aromatic amines is 1. The van der Waals surface area contributed by atoms with E-state index in [0.717, 1.165) is 11.5 Å². The molecule has 3 rings (SSSR count). The van der Waals surface area contributed by atoms with Gasteiger partial charge < -0.3 is 10.3 Å². The molecule has 90 valence electrons. The highest BCUT2D eigenvalue weighted by molar-refractivity contribution is 6.34. The first kappa shape index (κ1) is 10.7. The van der Waals surface area contributed by atoms with E-state index in [4.69, 9.17) is 0 Å². The zero-order valence-electron chi connectivity index (χ0n) is 9.62. The zero-order chi connectivity index (χ0) is 12.7. The second kappa shape index (κ2) is 3.80. The standard InChI is InChI=1S/C13H10FN3O/c1-7-15-6-9(16-7)5-11-10-4-8(14)2-3-12(10)17-13(11)18/h2-6H,1H3,(H,15,16)(H,17,18). The number of carbonyl (C=O) groups excluding carboxylic acids is 1. The van der Waals surface area contributed by atoms with Crippen molar-refractivity contribution in [3.63, 3.8) is 0 Å². The van der Waals surface area contributed by atoms with Gasteiger partial charge >= 0.3 is 0 Å². The number of carbonyl (C=O) groups is 1. The number of aromatic nitrogens is 2. The number of H-pyrrole nitrogens is 1. The Morgan fingerprint density at radius 3 is 2.94 bits per heavy atom. The number of rotatable bonds is 1. The van der Waals surface area contributed by atoms with Crippen molar-refractivity contribution in [3.05, 3.63) is 47.3 Å². The summed E-state index contributed by atoms with van der Waals surface area (Å²) in [6, 6.07) is 4.23. The minimum atomic E-state index is -0.364. The SMILES string of the molecule is Cc1ncc(C=C2C(=O)Nc3ccc(F)cc32)[nH]1. The molecule has 1 amide bonds. The minimum Gasteiger partial charge on any atom is -0.343 e. The first-order chi connectivity index (χ1) is 8.63. The van der Waals surface area contributed by atoms with Crippen LogP contribution in [0, 0.1) is 12.7 Å².